The van der Waals surface area contributed by atoms with Crippen LogP contribution >= 0.6 is 0 Å². The van der Waals surface area contributed by atoms with Crippen molar-refractivity contribution < 1.29 is 29.7 Å². The quantitative estimate of drug-likeness (QED) is 0.111. The molecule has 5 N–H and O–H groups in total. The first-order valence-corrected chi connectivity index (χ1v) is 14.9. The highest BCUT2D eigenvalue weighted by Gasteiger charge is 2.43. The molecule has 39 heavy (non-hydrogen) atoms. The number of rotatable bonds is 21. The second kappa shape index (κ2) is 19.8. The summed E-state index contributed by atoms with van der Waals surface area (Å²) in [6, 6.07) is 1.36. The van der Waals surface area contributed by atoms with Crippen molar-refractivity contribution in [3.8, 4) is 0 Å². The van der Waals surface area contributed by atoms with Gasteiger partial charge in [-0.2, -0.15) is 10.5 Å². The minimum atomic E-state index is -1.40. The van der Waals surface area contributed by atoms with Gasteiger partial charge in [-0.3, -0.25) is 4.57 Å². The number of hydrogen-bond acceptors (Lipinski definition) is 9. The van der Waals surface area contributed by atoms with Gasteiger partial charge in [-0.1, -0.05) is 103 Å². The van der Waals surface area contributed by atoms with Crippen molar-refractivity contribution in [2.24, 2.45) is 0 Å². The van der Waals surface area contributed by atoms with Crippen LogP contribution in [0.1, 0.15) is 116 Å². The molecule has 1 aromatic heterocycles. The Hall–Kier alpha value is -2.21. The van der Waals surface area contributed by atoms with Gasteiger partial charge < -0.3 is 30.2 Å². The smallest absolute Gasteiger partial charge is 0.394 e. The van der Waals surface area contributed by atoms with Gasteiger partial charge in [0.15, 0.2) is 12.0 Å². The Bertz CT molecular complexity index is 853. The molecule has 1 aliphatic rings. The maximum absolute atomic E-state index is 12.3. The molecule has 1 aliphatic heterocycles. The summed E-state index contributed by atoms with van der Waals surface area (Å²) in [5.74, 6) is 0.000511. The first-order valence-electron chi connectivity index (χ1n) is 14.9. The third-order valence-electron chi connectivity index (χ3n) is 7.17. The van der Waals surface area contributed by atoms with Gasteiger partial charge in [0.1, 0.15) is 18.3 Å². The number of unbranched alkanes of at least 4 members (excludes halogenated alkanes) is 15. The number of carbonyl (C=O) groups excluding carboxylic acids is 1. The third kappa shape index (κ3) is 12.7. The van der Waals surface area contributed by atoms with Gasteiger partial charge in [-0.15, -0.1) is 0 Å². The molecule has 11 heteroatoms. The van der Waals surface area contributed by atoms with E-state index in [4.69, 9.17) is 9.57 Å². The summed E-state index contributed by atoms with van der Waals surface area (Å²) in [4.78, 5) is 32.8. The van der Waals surface area contributed by atoms with Crippen molar-refractivity contribution in [1.29, 1.82) is 0 Å². The molecule has 0 aromatic carbocycles. The molecule has 1 amide bonds. The molecule has 0 aliphatic carbocycles. The van der Waals surface area contributed by atoms with Crippen LogP contribution in [0.3, 0.4) is 0 Å². The third-order valence-corrected chi connectivity index (χ3v) is 7.17. The lowest BCUT2D eigenvalue weighted by Crippen LogP contribution is -2.36. The van der Waals surface area contributed by atoms with Crippen LogP contribution in [-0.2, 0) is 9.57 Å². The zero-order valence-electron chi connectivity index (χ0n) is 23.6. The number of carbonyl (C=O) groups is 1. The number of amides is 1. The fraction of sp³-hybridized carbons (Fsp3) is 0.821. The summed E-state index contributed by atoms with van der Waals surface area (Å²) in [7, 11) is 0. The van der Waals surface area contributed by atoms with Crippen LogP contribution in [0.5, 0.6) is 0 Å². The standard InChI is InChI=1S/C28H50N4O7/c1-2-3-4-5-6-7-8-9-10-11-12-13-14-15-16-17-19-29-28(37)39-31-23-18-20-32(27(36)30-23)26-25(35)24(34)22(21-33)38-26/h18,20,22,24-26,33-35H,2-17,19,21H2,1H3,(H,29,37)(H,30,31,36)/t22-,24?,25?,26-/m1/s1. The summed E-state index contributed by atoms with van der Waals surface area (Å²) in [6.07, 6.45) is 16.3. The average Bonchev–Trinajstić information content (AvgIpc) is 3.22. The summed E-state index contributed by atoms with van der Waals surface area (Å²) in [6.45, 7) is 2.26. The van der Waals surface area contributed by atoms with Crippen LogP contribution in [0.2, 0.25) is 0 Å². The monoisotopic (exact) mass is 554 g/mol. The van der Waals surface area contributed by atoms with E-state index >= 15 is 0 Å². The minimum absolute atomic E-state index is 0.000511. The molecule has 0 saturated carbocycles. The second-order valence-corrected chi connectivity index (χ2v) is 10.5. The van der Waals surface area contributed by atoms with Crippen molar-refractivity contribution in [3.05, 3.63) is 22.7 Å². The largest absolute Gasteiger partial charge is 0.431 e. The summed E-state index contributed by atoms with van der Waals surface area (Å²) in [5, 5.41) is 31.7. The highest BCUT2D eigenvalue weighted by Crippen LogP contribution is 2.28. The fourth-order valence-electron chi connectivity index (χ4n) is 4.77. The predicted molar refractivity (Wildman–Crippen MR) is 149 cm³/mol. The van der Waals surface area contributed by atoms with E-state index in [1.807, 2.05) is 0 Å². The van der Waals surface area contributed by atoms with Crippen LogP contribution in [-0.4, -0.2) is 62.4 Å². The molecule has 1 aromatic rings. The molecule has 2 heterocycles. The van der Waals surface area contributed by atoms with E-state index in [0.717, 1.165) is 23.8 Å². The van der Waals surface area contributed by atoms with Crippen molar-refractivity contribution in [3.63, 3.8) is 0 Å². The Morgan fingerprint density at radius 2 is 1.46 bits per heavy atom. The molecule has 0 spiro atoms. The highest BCUT2D eigenvalue weighted by molar-refractivity contribution is 5.67. The maximum Gasteiger partial charge on any atom is 0.431 e. The van der Waals surface area contributed by atoms with Gasteiger partial charge in [0.2, 0.25) is 0 Å². The van der Waals surface area contributed by atoms with Crippen LogP contribution in [0.15, 0.2) is 17.1 Å². The predicted octanol–water partition coefficient (Wildman–Crippen LogP) is 4.17. The molecule has 2 rings (SSSR count). The van der Waals surface area contributed by atoms with E-state index in [-0.39, 0.29) is 5.82 Å². The lowest BCUT2D eigenvalue weighted by atomic mass is 10.0. The number of nitrogens with zero attached hydrogens (tertiary/aromatic N) is 2. The number of nitrogens with one attached hydrogen (secondary N) is 2. The zero-order valence-corrected chi connectivity index (χ0v) is 23.6. The number of ether oxygens (including phenoxy) is 1. The van der Waals surface area contributed by atoms with Gasteiger partial charge in [0.25, 0.3) is 0 Å². The van der Waals surface area contributed by atoms with Crippen molar-refractivity contribution in [2.75, 3.05) is 18.6 Å². The number of aliphatic hydroxyl groups is 3. The van der Waals surface area contributed by atoms with Crippen LogP contribution in [0.4, 0.5) is 10.6 Å². The average molecular weight is 555 g/mol. The summed E-state index contributed by atoms with van der Waals surface area (Å²) >= 11 is 0. The van der Waals surface area contributed by atoms with E-state index in [1.165, 1.54) is 95.7 Å². The number of aromatic nitrogens is 2. The van der Waals surface area contributed by atoms with Crippen LogP contribution in [0, 0.1) is 0 Å². The second-order valence-electron chi connectivity index (χ2n) is 10.5. The Morgan fingerprint density at radius 3 is 1.95 bits per heavy atom. The molecule has 0 bridgehead atoms. The minimum Gasteiger partial charge on any atom is -0.394 e. The van der Waals surface area contributed by atoms with E-state index in [9.17, 15) is 24.9 Å². The molecule has 1 saturated heterocycles. The van der Waals surface area contributed by atoms with E-state index in [2.05, 4.69) is 22.7 Å². The Balaban J connectivity index is 1.45. The fourth-order valence-corrected chi connectivity index (χ4v) is 4.77. The van der Waals surface area contributed by atoms with E-state index < -0.39 is 42.9 Å². The van der Waals surface area contributed by atoms with Gasteiger partial charge in [-0.25, -0.2) is 9.59 Å². The first-order chi connectivity index (χ1) is 19.0. The maximum atomic E-state index is 12.3. The molecule has 224 valence electrons. The van der Waals surface area contributed by atoms with Gasteiger partial charge in [-0.05, 0) is 6.42 Å². The lowest BCUT2D eigenvalue weighted by molar-refractivity contribution is -0.0549. The van der Waals surface area contributed by atoms with E-state index in [0.29, 0.717) is 6.54 Å². The Labute approximate surface area is 232 Å². The molecule has 11 nitrogen and oxygen atoms in total. The molecule has 2 unspecified atom stereocenters. The number of aliphatic hydroxyl groups excluding tert-OH is 3. The SMILES string of the molecule is CCCCCCCCCCCCCCCCCCNC(=O)ONc1ccn([C@@H]2O[C@H](CO)C(O)C2O)c(=O)n1. The Kier molecular flexibility index (Phi) is 16.7. The van der Waals surface area contributed by atoms with Crippen molar-refractivity contribution in [2.45, 2.75) is 134 Å². The first kappa shape index (κ1) is 33.0. The van der Waals surface area contributed by atoms with Crippen LogP contribution in [0.25, 0.3) is 0 Å². The van der Waals surface area contributed by atoms with Gasteiger partial charge in [0.05, 0.1) is 6.61 Å². The topological polar surface area (TPSA) is 155 Å². The van der Waals surface area contributed by atoms with Gasteiger partial charge in [0, 0.05) is 18.8 Å². The highest BCUT2D eigenvalue weighted by atomic mass is 16.7. The molecular formula is C28H50N4O7. The van der Waals surface area contributed by atoms with E-state index in [1.54, 1.807) is 0 Å². The lowest BCUT2D eigenvalue weighted by Gasteiger charge is -2.17. The molecular weight excluding hydrogens is 504 g/mol. The van der Waals surface area contributed by atoms with Crippen LogP contribution < -0.4 is 16.5 Å². The molecule has 4 atom stereocenters. The normalized spacial score (nSPS) is 20.7. The molecule has 1 fully saturated rings. The summed E-state index contributed by atoms with van der Waals surface area (Å²) in [5.41, 5.74) is 1.54. The zero-order chi connectivity index (χ0) is 28.3. The summed E-state index contributed by atoms with van der Waals surface area (Å²) < 4.78 is 6.31. The number of anilines is 1. The van der Waals surface area contributed by atoms with Crippen molar-refractivity contribution >= 4 is 11.9 Å². The Morgan fingerprint density at radius 1 is 0.923 bits per heavy atom. The molecule has 0 radical (unpaired) electrons. The number of hydrogen-bond donors (Lipinski definition) is 5. The van der Waals surface area contributed by atoms with Gasteiger partial charge >= 0.3 is 11.8 Å². The van der Waals surface area contributed by atoms with Crippen molar-refractivity contribution in [1.82, 2.24) is 14.9 Å².